The lowest BCUT2D eigenvalue weighted by Crippen LogP contribution is -2.12. The molecule has 9 heteroatoms. The zero-order valence-electron chi connectivity index (χ0n) is 10.7. The molecule has 20 heavy (non-hydrogen) atoms. The number of allylic oxidation sites excluding steroid dienone is 1. The normalized spacial score (nSPS) is 15.9. The van der Waals surface area contributed by atoms with E-state index in [2.05, 4.69) is 25.2 Å². The van der Waals surface area contributed by atoms with Crippen LogP contribution in [0.3, 0.4) is 0 Å². The van der Waals surface area contributed by atoms with Crippen LogP contribution in [0, 0.1) is 6.92 Å². The Bertz CT molecular complexity index is 729. The summed E-state index contributed by atoms with van der Waals surface area (Å²) in [6.07, 6.45) is 0.0780. The van der Waals surface area contributed by atoms with Gasteiger partial charge in [0, 0.05) is 12.1 Å². The van der Waals surface area contributed by atoms with Crippen LogP contribution in [0.2, 0.25) is 0 Å². The number of aromatic nitrogens is 2. The number of carbonyl (C=O) groups is 1. The molecule has 3 N–H and O–H groups in total. The molecule has 0 aromatic carbocycles. The molecule has 2 heterocycles. The van der Waals surface area contributed by atoms with E-state index < -0.39 is 23.0 Å². The predicted molar refractivity (Wildman–Crippen MR) is 68.2 cm³/mol. The topological polar surface area (TPSA) is 140 Å². The average Bonchev–Trinajstić information content (AvgIpc) is 2.30. The summed E-state index contributed by atoms with van der Waals surface area (Å²) >= 11 is 0. The second-order valence-electron chi connectivity index (χ2n) is 4.15. The number of carbonyl (C=O) groups excluding carboxylic acids is 1. The fourth-order valence-corrected chi connectivity index (χ4v) is 1.57. The summed E-state index contributed by atoms with van der Waals surface area (Å²) in [6.45, 7) is 3.07. The average molecular weight is 277 g/mol. The first-order valence-corrected chi connectivity index (χ1v) is 5.60. The number of aryl methyl sites for hydroxylation is 1. The summed E-state index contributed by atoms with van der Waals surface area (Å²) in [5.74, 6) is -1.45. The van der Waals surface area contributed by atoms with E-state index in [4.69, 9.17) is 0 Å². The maximum Gasteiger partial charge on any atom is 0.300 e. The highest BCUT2D eigenvalue weighted by Crippen LogP contribution is 2.22. The molecule has 1 aromatic rings. The van der Waals surface area contributed by atoms with Crippen molar-refractivity contribution in [2.24, 2.45) is 15.2 Å². The molecule has 0 unspecified atom stereocenters. The highest BCUT2D eigenvalue weighted by molar-refractivity contribution is 6.06. The molecular weight excluding hydrogens is 266 g/mol. The van der Waals surface area contributed by atoms with Gasteiger partial charge >= 0.3 is 5.91 Å². The zero-order valence-corrected chi connectivity index (χ0v) is 10.7. The van der Waals surface area contributed by atoms with Crippen LogP contribution in [-0.2, 0) is 4.79 Å². The molecule has 9 nitrogen and oxygen atoms in total. The number of dihydropyridines is 1. The van der Waals surface area contributed by atoms with Crippen LogP contribution in [0.4, 0.5) is 5.69 Å². The van der Waals surface area contributed by atoms with Crippen molar-refractivity contribution < 1.29 is 15.0 Å². The molecule has 0 bridgehead atoms. The number of H-pyrrole nitrogens is 1. The number of amides is 1. The van der Waals surface area contributed by atoms with Gasteiger partial charge in [0.2, 0.25) is 11.6 Å². The molecule has 1 amide bonds. The molecule has 0 fully saturated rings. The van der Waals surface area contributed by atoms with Crippen molar-refractivity contribution in [3.05, 3.63) is 27.6 Å². The van der Waals surface area contributed by atoms with Crippen molar-refractivity contribution in [3.8, 4) is 5.88 Å². The summed E-state index contributed by atoms with van der Waals surface area (Å²) in [6, 6.07) is 0. The first-order chi connectivity index (χ1) is 9.38. The van der Waals surface area contributed by atoms with E-state index in [-0.39, 0.29) is 23.7 Å². The third-order valence-corrected chi connectivity index (χ3v) is 2.44. The predicted octanol–water partition coefficient (Wildman–Crippen LogP) is 1.03. The van der Waals surface area contributed by atoms with Gasteiger partial charge in [-0.05, 0) is 13.8 Å². The fraction of sp³-hybridized carbons (Fsp3) is 0.273. The quantitative estimate of drug-likeness (QED) is 0.692. The monoisotopic (exact) mass is 277 g/mol. The highest BCUT2D eigenvalue weighted by Gasteiger charge is 2.21. The third kappa shape index (κ3) is 2.60. The minimum absolute atomic E-state index is 0.0780. The second kappa shape index (κ2) is 5.03. The van der Waals surface area contributed by atoms with Gasteiger partial charge in [0.1, 0.15) is 11.6 Å². The molecule has 1 aliphatic heterocycles. The Morgan fingerprint density at radius 3 is 2.50 bits per heavy atom. The molecule has 1 aromatic heterocycles. The van der Waals surface area contributed by atoms with Gasteiger partial charge in [-0.2, -0.15) is 4.98 Å². The van der Waals surface area contributed by atoms with E-state index >= 15 is 0 Å². The largest absolute Gasteiger partial charge is 0.509 e. The smallest absolute Gasteiger partial charge is 0.300 e. The van der Waals surface area contributed by atoms with Crippen LogP contribution < -0.4 is 5.56 Å². The van der Waals surface area contributed by atoms with Crippen molar-refractivity contribution >= 4 is 17.3 Å². The summed E-state index contributed by atoms with van der Waals surface area (Å²) in [4.78, 5) is 32.6. The van der Waals surface area contributed by atoms with Crippen molar-refractivity contribution in [2.75, 3.05) is 0 Å². The SMILES string of the molecule is CC1=NC(=O)C(N=Nc2c(O)nc(C)[nH]c2=O)=C(O)C1. The Balaban J connectivity index is 2.38. The van der Waals surface area contributed by atoms with E-state index in [1.54, 1.807) is 6.92 Å². The molecule has 0 spiro atoms. The van der Waals surface area contributed by atoms with Crippen LogP contribution in [-0.4, -0.2) is 31.8 Å². The minimum Gasteiger partial charge on any atom is -0.509 e. The fourth-order valence-electron chi connectivity index (χ4n) is 1.57. The molecule has 0 saturated heterocycles. The molecule has 0 saturated carbocycles. The van der Waals surface area contributed by atoms with Gasteiger partial charge in [0.05, 0.1) is 0 Å². The number of nitrogens with zero attached hydrogens (tertiary/aromatic N) is 4. The number of hydrogen-bond donors (Lipinski definition) is 3. The van der Waals surface area contributed by atoms with Gasteiger partial charge in [0.25, 0.3) is 5.56 Å². The van der Waals surface area contributed by atoms with Crippen LogP contribution in [0.5, 0.6) is 5.88 Å². The number of aromatic hydroxyl groups is 1. The van der Waals surface area contributed by atoms with Crippen molar-refractivity contribution in [1.82, 2.24) is 9.97 Å². The van der Waals surface area contributed by atoms with Crippen molar-refractivity contribution in [2.45, 2.75) is 20.3 Å². The van der Waals surface area contributed by atoms with E-state index in [0.29, 0.717) is 5.71 Å². The lowest BCUT2D eigenvalue weighted by Gasteiger charge is -2.08. The number of aliphatic imine (C=N–C) groups is 1. The highest BCUT2D eigenvalue weighted by atomic mass is 16.3. The van der Waals surface area contributed by atoms with Gasteiger partial charge in [-0.1, -0.05) is 0 Å². The molecule has 2 rings (SSSR count). The Kier molecular flexibility index (Phi) is 3.42. The minimum atomic E-state index is -0.758. The maximum absolute atomic E-state index is 11.5. The van der Waals surface area contributed by atoms with Crippen LogP contribution in [0.25, 0.3) is 0 Å². The van der Waals surface area contributed by atoms with Crippen LogP contribution in [0.15, 0.2) is 31.5 Å². The van der Waals surface area contributed by atoms with E-state index in [1.165, 1.54) is 6.92 Å². The third-order valence-electron chi connectivity index (χ3n) is 2.44. The first-order valence-electron chi connectivity index (χ1n) is 5.60. The zero-order chi connectivity index (χ0) is 14.9. The number of aliphatic hydroxyl groups is 1. The Morgan fingerprint density at radius 2 is 1.90 bits per heavy atom. The van der Waals surface area contributed by atoms with Crippen LogP contribution >= 0.6 is 0 Å². The lowest BCUT2D eigenvalue weighted by molar-refractivity contribution is -0.114. The lowest BCUT2D eigenvalue weighted by atomic mass is 10.1. The standard InChI is InChI=1S/C11H11N5O4/c1-4-3-6(17)7(9(18)12-4)15-16-8-10(19)13-5(2)14-11(8)20/h17H,3H2,1-2H3,(H2,13,14,19,20). The van der Waals surface area contributed by atoms with E-state index in [9.17, 15) is 19.8 Å². The summed E-state index contributed by atoms with van der Waals surface area (Å²) in [5.41, 5.74) is -1.07. The van der Waals surface area contributed by atoms with Gasteiger partial charge in [-0.15, -0.1) is 10.2 Å². The van der Waals surface area contributed by atoms with Crippen molar-refractivity contribution in [1.29, 1.82) is 0 Å². The molecular formula is C11H11N5O4. The van der Waals surface area contributed by atoms with E-state index in [0.717, 1.165) is 0 Å². The number of rotatable bonds is 2. The molecule has 1 aliphatic rings. The second-order valence-corrected chi connectivity index (χ2v) is 4.15. The van der Waals surface area contributed by atoms with Gasteiger partial charge in [-0.3, -0.25) is 9.59 Å². The Hall–Kier alpha value is -2.84. The number of nitrogens with one attached hydrogen (secondary N) is 1. The summed E-state index contributed by atoms with van der Waals surface area (Å²) < 4.78 is 0. The molecule has 0 atom stereocenters. The number of hydrogen-bond acceptors (Lipinski definition) is 7. The van der Waals surface area contributed by atoms with E-state index in [1.807, 2.05) is 0 Å². The molecule has 104 valence electrons. The van der Waals surface area contributed by atoms with Gasteiger partial charge in [-0.25, -0.2) is 4.99 Å². The Morgan fingerprint density at radius 1 is 1.20 bits per heavy atom. The number of azo groups is 1. The van der Waals surface area contributed by atoms with Crippen LogP contribution in [0.1, 0.15) is 19.2 Å². The van der Waals surface area contributed by atoms with Gasteiger partial charge < -0.3 is 15.2 Å². The number of aromatic amines is 1. The first kappa shape index (κ1) is 13.6. The van der Waals surface area contributed by atoms with Crippen molar-refractivity contribution in [3.63, 3.8) is 0 Å². The summed E-state index contributed by atoms with van der Waals surface area (Å²) in [7, 11) is 0. The van der Waals surface area contributed by atoms with Gasteiger partial charge in [0.15, 0.2) is 5.70 Å². The molecule has 0 radical (unpaired) electrons. The molecule has 0 aliphatic carbocycles. The maximum atomic E-state index is 11.5. The Labute approximate surface area is 112 Å². The summed E-state index contributed by atoms with van der Waals surface area (Å²) in [5, 5.41) is 26.1. The number of aliphatic hydroxyl groups excluding tert-OH is 1.